The van der Waals surface area contributed by atoms with E-state index in [0.29, 0.717) is 21.4 Å². The van der Waals surface area contributed by atoms with Crippen LogP contribution in [0.5, 0.6) is 0 Å². The van der Waals surface area contributed by atoms with E-state index in [9.17, 15) is 9.59 Å². The van der Waals surface area contributed by atoms with Crippen LogP contribution < -0.4 is 21.3 Å². The molecule has 0 aliphatic carbocycles. The number of thiocarbonyl (C=S) groups is 1. The molecule has 29 heavy (non-hydrogen) atoms. The minimum absolute atomic E-state index is 0.105. The van der Waals surface area contributed by atoms with Crippen molar-refractivity contribution in [1.29, 1.82) is 0 Å². The Morgan fingerprint density at radius 1 is 1.00 bits per heavy atom. The molecule has 0 aliphatic rings. The van der Waals surface area contributed by atoms with Gasteiger partial charge in [0.05, 0.1) is 5.56 Å². The standard InChI is InChI=1S/C18H16BrCl3N4O2S/c1-10(27)23-11-5-4-6-12(9-11)24-17(29)26-16(18(20,21)22)25-15(28)13-7-2-3-8-14(13)19/h2-9,16H,1H3,(H,23,27)(H,25,28)(H2,24,26,29). The number of anilines is 2. The molecular formula is C18H16BrCl3N4O2S. The lowest BCUT2D eigenvalue weighted by atomic mass is 10.2. The van der Waals surface area contributed by atoms with Crippen molar-refractivity contribution < 1.29 is 9.59 Å². The van der Waals surface area contributed by atoms with Gasteiger partial charge in [-0.2, -0.15) is 0 Å². The van der Waals surface area contributed by atoms with Gasteiger partial charge in [-0.1, -0.05) is 53.0 Å². The SMILES string of the molecule is CC(=O)Nc1cccc(NC(=S)NC(NC(=O)c2ccccc2Br)C(Cl)(Cl)Cl)c1. The molecule has 1 atom stereocenters. The monoisotopic (exact) mass is 536 g/mol. The van der Waals surface area contributed by atoms with Crippen molar-refractivity contribution in [3.05, 3.63) is 58.6 Å². The van der Waals surface area contributed by atoms with E-state index < -0.39 is 15.9 Å². The molecule has 2 aromatic rings. The number of nitrogens with one attached hydrogen (secondary N) is 4. The van der Waals surface area contributed by atoms with E-state index >= 15 is 0 Å². The van der Waals surface area contributed by atoms with E-state index in [1.807, 2.05) is 0 Å². The molecule has 1 unspecified atom stereocenters. The number of amides is 2. The van der Waals surface area contributed by atoms with Crippen molar-refractivity contribution in [2.24, 2.45) is 0 Å². The molecule has 2 rings (SSSR count). The second-order valence-corrected chi connectivity index (χ2v) is 9.42. The van der Waals surface area contributed by atoms with Gasteiger partial charge in [0.15, 0.2) is 5.11 Å². The van der Waals surface area contributed by atoms with Gasteiger partial charge in [0.25, 0.3) is 5.91 Å². The topological polar surface area (TPSA) is 82.3 Å². The number of hydrogen-bond donors (Lipinski definition) is 4. The third-order valence-electron chi connectivity index (χ3n) is 3.44. The summed E-state index contributed by atoms with van der Waals surface area (Å²) in [7, 11) is 0. The largest absolute Gasteiger partial charge is 0.339 e. The third kappa shape index (κ3) is 7.64. The van der Waals surface area contributed by atoms with Gasteiger partial charge in [0.1, 0.15) is 6.17 Å². The summed E-state index contributed by atoms with van der Waals surface area (Å²) in [5, 5.41) is 11.1. The maximum atomic E-state index is 12.5. The van der Waals surface area contributed by atoms with Crippen LogP contribution in [0.1, 0.15) is 17.3 Å². The van der Waals surface area contributed by atoms with Gasteiger partial charge in [-0.05, 0) is 58.5 Å². The predicted octanol–water partition coefficient (Wildman–Crippen LogP) is 4.82. The first kappa shape index (κ1) is 23.7. The van der Waals surface area contributed by atoms with E-state index in [1.54, 1.807) is 48.5 Å². The van der Waals surface area contributed by atoms with Gasteiger partial charge in [0.2, 0.25) is 9.70 Å². The molecule has 0 aromatic heterocycles. The third-order valence-corrected chi connectivity index (χ3v) is 5.00. The number of halogens is 4. The van der Waals surface area contributed by atoms with Crippen LogP contribution in [-0.4, -0.2) is 26.9 Å². The maximum Gasteiger partial charge on any atom is 0.254 e. The van der Waals surface area contributed by atoms with Crippen molar-refractivity contribution in [3.8, 4) is 0 Å². The number of alkyl halides is 3. The van der Waals surface area contributed by atoms with E-state index in [-0.39, 0.29) is 11.0 Å². The molecule has 154 valence electrons. The van der Waals surface area contributed by atoms with Crippen LogP contribution in [0.4, 0.5) is 11.4 Å². The van der Waals surface area contributed by atoms with Crippen LogP contribution in [0.15, 0.2) is 53.0 Å². The molecule has 6 nitrogen and oxygen atoms in total. The molecule has 0 radical (unpaired) electrons. The fourth-order valence-corrected chi connectivity index (χ4v) is 3.26. The molecule has 0 heterocycles. The summed E-state index contributed by atoms with van der Waals surface area (Å²) in [6, 6.07) is 13.7. The normalized spacial score (nSPS) is 11.9. The summed E-state index contributed by atoms with van der Waals surface area (Å²) in [6.45, 7) is 1.41. The van der Waals surface area contributed by atoms with Crippen molar-refractivity contribution >= 4 is 91.3 Å². The smallest absolute Gasteiger partial charge is 0.254 e. The fourth-order valence-electron chi connectivity index (χ4n) is 2.23. The average molecular weight is 539 g/mol. The Kier molecular flexibility index (Phi) is 8.54. The predicted molar refractivity (Wildman–Crippen MR) is 126 cm³/mol. The second-order valence-electron chi connectivity index (χ2n) is 5.79. The van der Waals surface area contributed by atoms with Gasteiger partial charge >= 0.3 is 0 Å². The molecule has 2 aromatic carbocycles. The highest BCUT2D eigenvalue weighted by atomic mass is 79.9. The number of benzene rings is 2. The zero-order valence-corrected chi connectivity index (χ0v) is 19.6. The van der Waals surface area contributed by atoms with Crippen molar-refractivity contribution in [3.63, 3.8) is 0 Å². The lowest BCUT2D eigenvalue weighted by Crippen LogP contribution is -2.56. The van der Waals surface area contributed by atoms with Gasteiger partial charge in [-0.25, -0.2) is 0 Å². The van der Waals surface area contributed by atoms with Crippen molar-refractivity contribution in [2.45, 2.75) is 16.9 Å². The Bertz CT molecular complexity index is 924. The van der Waals surface area contributed by atoms with Gasteiger partial charge < -0.3 is 21.3 Å². The average Bonchev–Trinajstić information content (AvgIpc) is 2.60. The van der Waals surface area contributed by atoms with Crippen LogP contribution in [0.2, 0.25) is 0 Å². The minimum Gasteiger partial charge on any atom is -0.339 e. The molecule has 0 fully saturated rings. The number of hydrogen-bond acceptors (Lipinski definition) is 3. The Balaban J connectivity index is 2.08. The highest BCUT2D eigenvalue weighted by molar-refractivity contribution is 9.10. The summed E-state index contributed by atoms with van der Waals surface area (Å²) in [5.41, 5.74) is 1.55. The Labute approximate surface area is 196 Å². The molecule has 0 aliphatic heterocycles. The highest BCUT2D eigenvalue weighted by Gasteiger charge is 2.35. The summed E-state index contributed by atoms with van der Waals surface area (Å²) < 4.78 is -1.29. The quantitative estimate of drug-likeness (QED) is 0.249. The van der Waals surface area contributed by atoms with E-state index in [2.05, 4.69) is 37.2 Å². The molecule has 0 saturated carbocycles. The molecule has 0 spiro atoms. The summed E-state index contributed by atoms with van der Waals surface area (Å²) in [5.74, 6) is -0.661. The van der Waals surface area contributed by atoms with Crippen molar-refractivity contribution in [1.82, 2.24) is 10.6 Å². The van der Waals surface area contributed by atoms with Crippen molar-refractivity contribution in [2.75, 3.05) is 10.6 Å². The molecule has 0 bridgehead atoms. The van der Waals surface area contributed by atoms with Gasteiger partial charge in [0, 0.05) is 22.8 Å². The van der Waals surface area contributed by atoms with Gasteiger partial charge in [-0.15, -0.1) is 0 Å². The lowest BCUT2D eigenvalue weighted by molar-refractivity contribution is -0.114. The zero-order chi connectivity index (χ0) is 21.6. The maximum absolute atomic E-state index is 12.5. The highest BCUT2D eigenvalue weighted by Crippen LogP contribution is 2.29. The van der Waals surface area contributed by atoms with E-state index in [0.717, 1.165) is 0 Å². The summed E-state index contributed by atoms with van der Waals surface area (Å²) >= 11 is 26.6. The van der Waals surface area contributed by atoms with Gasteiger partial charge in [-0.3, -0.25) is 9.59 Å². The van der Waals surface area contributed by atoms with Crippen LogP contribution in [0.3, 0.4) is 0 Å². The number of rotatable bonds is 5. The van der Waals surface area contributed by atoms with Crippen LogP contribution in [0.25, 0.3) is 0 Å². The number of carbonyl (C=O) groups is 2. The second kappa shape index (κ2) is 10.4. The molecule has 0 saturated heterocycles. The Hall–Kier alpha value is -1.58. The first-order valence-electron chi connectivity index (χ1n) is 8.13. The van der Waals surface area contributed by atoms with Crippen LogP contribution in [-0.2, 0) is 4.79 Å². The molecule has 11 heteroatoms. The van der Waals surface area contributed by atoms with E-state index in [1.165, 1.54) is 6.92 Å². The number of carbonyl (C=O) groups excluding carboxylic acids is 2. The minimum atomic E-state index is -1.89. The molecule has 2 amide bonds. The van der Waals surface area contributed by atoms with E-state index in [4.69, 9.17) is 47.0 Å². The molecular weight excluding hydrogens is 523 g/mol. The van der Waals surface area contributed by atoms with Crippen LogP contribution in [0, 0.1) is 0 Å². The first-order chi connectivity index (χ1) is 13.6. The lowest BCUT2D eigenvalue weighted by Gasteiger charge is -2.28. The van der Waals surface area contributed by atoms with Crippen LogP contribution >= 0.6 is 63.0 Å². The molecule has 4 N–H and O–H groups in total. The Morgan fingerprint density at radius 3 is 2.21 bits per heavy atom. The summed E-state index contributed by atoms with van der Waals surface area (Å²) in [6.07, 6.45) is -1.12. The summed E-state index contributed by atoms with van der Waals surface area (Å²) in [4.78, 5) is 23.7. The fraction of sp³-hybridized carbons (Fsp3) is 0.167. The Morgan fingerprint density at radius 2 is 1.62 bits per heavy atom. The first-order valence-corrected chi connectivity index (χ1v) is 10.5. The zero-order valence-electron chi connectivity index (χ0n) is 14.9.